The second-order valence-corrected chi connectivity index (χ2v) is 4.46. The standard InChI is InChI=1S/C11H15F3N2O/c1-8-6-9(17-15-8)7-16-5-3-2-4-10(16)11(12,13)14/h6,10H,2-5,7H2,1H3. The molecule has 0 N–H and O–H groups in total. The van der Waals surface area contributed by atoms with Crippen molar-refractivity contribution in [3.8, 4) is 0 Å². The molecule has 96 valence electrons. The van der Waals surface area contributed by atoms with E-state index >= 15 is 0 Å². The van der Waals surface area contributed by atoms with Crippen LogP contribution in [0.3, 0.4) is 0 Å². The van der Waals surface area contributed by atoms with Crippen LogP contribution in [0.25, 0.3) is 0 Å². The van der Waals surface area contributed by atoms with Gasteiger partial charge in [-0.1, -0.05) is 11.6 Å². The summed E-state index contributed by atoms with van der Waals surface area (Å²) in [4.78, 5) is 1.43. The Morgan fingerprint density at radius 3 is 2.82 bits per heavy atom. The fraction of sp³-hybridized carbons (Fsp3) is 0.727. The third-order valence-electron chi connectivity index (χ3n) is 3.03. The Hall–Kier alpha value is -1.04. The molecule has 0 amide bonds. The molecular formula is C11H15F3N2O. The number of alkyl halides is 3. The minimum atomic E-state index is -4.16. The molecule has 0 spiro atoms. The van der Waals surface area contributed by atoms with Crippen LogP contribution < -0.4 is 0 Å². The van der Waals surface area contributed by atoms with Gasteiger partial charge in [0.1, 0.15) is 6.04 Å². The Bertz CT molecular complexity index is 375. The van der Waals surface area contributed by atoms with Gasteiger partial charge in [-0.25, -0.2) is 0 Å². The fourth-order valence-electron chi connectivity index (χ4n) is 2.24. The maximum atomic E-state index is 12.8. The van der Waals surface area contributed by atoms with E-state index in [1.54, 1.807) is 13.0 Å². The van der Waals surface area contributed by atoms with Crippen LogP contribution in [-0.4, -0.2) is 28.8 Å². The smallest absolute Gasteiger partial charge is 0.360 e. The molecule has 1 aromatic heterocycles. The van der Waals surface area contributed by atoms with Crippen molar-refractivity contribution in [2.24, 2.45) is 0 Å². The van der Waals surface area contributed by atoms with Gasteiger partial charge in [-0.3, -0.25) is 4.90 Å². The first-order chi connectivity index (χ1) is 7.97. The van der Waals surface area contributed by atoms with E-state index in [-0.39, 0.29) is 13.0 Å². The summed E-state index contributed by atoms with van der Waals surface area (Å²) < 4.78 is 43.4. The number of halogens is 3. The van der Waals surface area contributed by atoms with E-state index < -0.39 is 12.2 Å². The quantitative estimate of drug-likeness (QED) is 0.805. The van der Waals surface area contributed by atoms with E-state index in [2.05, 4.69) is 5.16 Å². The summed E-state index contributed by atoms with van der Waals surface area (Å²) in [6, 6.07) is 0.337. The molecule has 3 nitrogen and oxygen atoms in total. The van der Waals surface area contributed by atoms with Crippen LogP contribution in [0.4, 0.5) is 13.2 Å². The van der Waals surface area contributed by atoms with E-state index in [1.807, 2.05) is 0 Å². The summed E-state index contributed by atoms with van der Waals surface area (Å²) in [6.07, 6.45) is -2.54. The van der Waals surface area contributed by atoms with E-state index in [9.17, 15) is 13.2 Å². The summed E-state index contributed by atoms with van der Waals surface area (Å²) >= 11 is 0. The molecule has 2 heterocycles. The van der Waals surface area contributed by atoms with Crippen molar-refractivity contribution < 1.29 is 17.7 Å². The third-order valence-corrected chi connectivity index (χ3v) is 3.03. The van der Waals surface area contributed by atoms with Crippen molar-refractivity contribution in [2.75, 3.05) is 6.54 Å². The van der Waals surface area contributed by atoms with Crippen LogP contribution in [-0.2, 0) is 6.54 Å². The lowest BCUT2D eigenvalue weighted by molar-refractivity contribution is -0.193. The number of hydrogen-bond acceptors (Lipinski definition) is 3. The van der Waals surface area contributed by atoms with Gasteiger partial charge >= 0.3 is 6.18 Å². The van der Waals surface area contributed by atoms with Crippen molar-refractivity contribution in [2.45, 2.75) is 44.9 Å². The van der Waals surface area contributed by atoms with Crippen LogP contribution >= 0.6 is 0 Å². The molecule has 1 fully saturated rings. The Morgan fingerprint density at radius 2 is 2.24 bits per heavy atom. The molecule has 17 heavy (non-hydrogen) atoms. The zero-order valence-corrected chi connectivity index (χ0v) is 9.63. The Labute approximate surface area is 97.6 Å². The highest BCUT2D eigenvalue weighted by molar-refractivity contribution is 5.03. The average Bonchev–Trinajstić information content (AvgIpc) is 2.63. The summed E-state index contributed by atoms with van der Waals surface area (Å²) in [5.74, 6) is 0.499. The number of piperidine rings is 1. The molecule has 1 aliphatic rings. The lowest BCUT2D eigenvalue weighted by Gasteiger charge is -2.35. The van der Waals surface area contributed by atoms with Gasteiger partial charge < -0.3 is 4.52 Å². The third kappa shape index (κ3) is 3.00. The van der Waals surface area contributed by atoms with Crippen LogP contribution in [0.2, 0.25) is 0 Å². The maximum Gasteiger partial charge on any atom is 0.404 e. The van der Waals surface area contributed by atoms with E-state index in [0.29, 0.717) is 24.4 Å². The second-order valence-electron chi connectivity index (χ2n) is 4.46. The average molecular weight is 248 g/mol. The second kappa shape index (κ2) is 4.68. The first-order valence-corrected chi connectivity index (χ1v) is 5.70. The largest absolute Gasteiger partial charge is 0.404 e. The summed E-state index contributed by atoms with van der Waals surface area (Å²) in [5, 5.41) is 3.69. The molecule has 0 saturated carbocycles. The molecule has 0 aromatic carbocycles. The van der Waals surface area contributed by atoms with E-state index in [4.69, 9.17) is 4.52 Å². The molecule has 1 aliphatic heterocycles. The molecule has 0 bridgehead atoms. The number of rotatable bonds is 2. The molecule has 1 aromatic rings. The highest BCUT2D eigenvalue weighted by Gasteiger charge is 2.44. The van der Waals surface area contributed by atoms with E-state index in [0.717, 1.165) is 6.42 Å². The minimum absolute atomic E-state index is 0.177. The normalized spacial score (nSPS) is 22.9. The van der Waals surface area contributed by atoms with Gasteiger partial charge in [-0.15, -0.1) is 0 Å². The highest BCUT2D eigenvalue weighted by atomic mass is 19.4. The minimum Gasteiger partial charge on any atom is -0.360 e. The van der Waals surface area contributed by atoms with Gasteiger partial charge in [-0.05, 0) is 26.3 Å². The van der Waals surface area contributed by atoms with Crippen LogP contribution in [0.15, 0.2) is 10.6 Å². The molecule has 1 atom stereocenters. The first kappa shape index (κ1) is 12.4. The van der Waals surface area contributed by atoms with Crippen molar-refractivity contribution in [1.82, 2.24) is 10.1 Å². The number of hydrogen-bond donors (Lipinski definition) is 0. The highest BCUT2D eigenvalue weighted by Crippen LogP contribution is 2.32. The lowest BCUT2D eigenvalue weighted by Crippen LogP contribution is -2.47. The van der Waals surface area contributed by atoms with Gasteiger partial charge in [0, 0.05) is 6.07 Å². The van der Waals surface area contributed by atoms with Crippen LogP contribution in [0.1, 0.15) is 30.7 Å². The molecule has 0 radical (unpaired) electrons. The van der Waals surface area contributed by atoms with Crippen molar-refractivity contribution >= 4 is 0 Å². The Balaban J connectivity index is 2.06. The number of aromatic nitrogens is 1. The van der Waals surface area contributed by atoms with Crippen LogP contribution in [0.5, 0.6) is 0 Å². The molecule has 1 unspecified atom stereocenters. The summed E-state index contributed by atoms with van der Waals surface area (Å²) in [6.45, 7) is 2.40. The first-order valence-electron chi connectivity index (χ1n) is 5.70. The van der Waals surface area contributed by atoms with Crippen molar-refractivity contribution in [3.63, 3.8) is 0 Å². The molecule has 0 aliphatic carbocycles. The Morgan fingerprint density at radius 1 is 1.47 bits per heavy atom. The molecule has 1 saturated heterocycles. The predicted molar refractivity (Wildman–Crippen MR) is 55.3 cm³/mol. The fourth-order valence-corrected chi connectivity index (χ4v) is 2.24. The van der Waals surface area contributed by atoms with Gasteiger partial charge in [0.25, 0.3) is 0 Å². The predicted octanol–water partition coefficient (Wildman–Crippen LogP) is 2.90. The SMILES string of the molecule is Cc1cc(CN2CCCCC2C(F)(F)F)on1. The van der Waals surface area contributed by atoms with Gasteiger partial charge in [0.2, 0.25) is 0 Å². The zero-order valence-electron chi connectivity index (χ0n) is 9.63. The van der Waals surface area contributed by atoms with Gasteiger partial charge in [0.05, 0.1) is 12.2 Å². The van der Waals surface area contributed by atoms with E-state index in [1.165, 1.54) is 4.90 Å². The monoisotopic (exact) mass is 248 g/mol. The number of nitrogens with zero attached hydrogens (tertiary/aromatic N) is 2. The van der Waals surface area contributed by atoms with Crippen LogP contribution in [0, 0.1) is 6.92 Å². The number of likely N-dealkylation sites (tertiary alicyclic amines) is 1. The Kier molecular flexibility index (Phi) is 3.42. The summed E-state index contributed by atoms with van der Waals surface area (Å²) in [5.41, 5.74) is 0.695. The molecule has 2 rings (SSSR count). The van der Waals surface area contributed by atoms with Gasteiger partial charge in [0.15, 0.2) is 5.76 Å². The van der Waals surface area contributed by atoms with Crippen molar-refractivity contribution in [3.05, 3.63) is 17.5 Å². The summed E-state index contributed by atoms with van der Waals surface area (Å²) in [7, 11) is 0. The van der Waals surface area contributed by atoms with Crippen molar-refractivity contribution in [1.29, 1.82) is 0 Å². The topological polar surface area (TPSA) is 29.3 Å². The molecular weight excluding hydrogens is 233 g/mol. The zero-order chi connectivity index (χ0) is 12.5. The number of aryl methyl sites for hydroxylation is 1. The molecule has 6 heteroatoms. The lowest BCUT2D eigenvalue weighted by atomic mass is 10.0. The maximum absolute atomic E-state index is 12.8. The van der Waals surface area contributed by atoms with Gasteiger partial charge in [-0.2, -0.15) is 13.2 Å².